The molecule has 0 radical (unpaired) electrons. The van der Waals surface area contributed by atoms with Crippen LogP contribution in [0.5, 0.6) is 5.75 Å². The molecule has 9 atom stereocenters. The smallest absolute Gasteiger partial charge is 0.547 e. The van der Waals surface area contributed by atoms with Crippen molar-refractivity contribution in [2.45, 2.75) is 82.1 Å². The summed E-state index contributed by atoms with van der Waals surface area (Å²) in [4.78, 5) is 23.7. The van der Waals surface area contributed by atoms with Gasteiger partial charge in [-0.2, -0.15) is 0 Å². The zero-order chi connectivity index (χ0) is 22.8. The fourth-order valence-corrected chi connectivity index (χ4v) is 6.68. The molecule has 0 amide bonds. The van der Waals surface area contributed by atoms with E-state index in [0.29, 0.717) is 35.7 Å². The summed E-state index contributed by atoms with van der Waals surface area (Å²) in [6, 6.07) is 5.65. The first-order chi connectivity index (χ1) is 15.2. The number of hydrogen-bond acceptors (Lipinski definition) is 8. The first kappa shape index (κ1) is 25.1. The number of ether oxygens (including phenoxy) is 2. The monoisotopic (exact) mass is 468 g/mol. The van der Waals surface area contributed by atoms with Gasteiger partial charge in [0.1, 0.15) is 35.9 Å². The second-order valence-corrected chi connectivity index (χ2v) is 10.0. The van der Waals surface area contributed by atoms with Crippen LogP contribution in [0.15, 0.2) is 18.2 Å². The van der Waals surface area contributed by atoms with Crippen LogP contribution in [0.2, 0.25) is 0 Å². The molecule has 0 bridgehead atoms. The van der Waals surface area contributed by atoms with E-state index in [9.17, 15) is 30.0 Å². The Morgan fingerprint density at radius 2 is 1.88 bits per heavy atom. The molecule has 1 aromatic carbocycles. The van der Waals surface area contributed by atoms with Crippen LogP contribution in [0.1, 0.15) is 56.1 Å². The summed E-state index contributed by atoms with van der Waals surface area (Å²) >= 11 is 0. The molecule has 3 aliphatic carbocycles. The van der Waals surface area contributed by atoms with Crippen molar-refractivity contribution in [1.29, 1.82) is 0 Å². The van der Waals surface area contributed by atoms with E-state index >= 15 is 0 Å². The summed E-state index contributed by atoms with van der Waals surface area (Å²) in [6.45, 7) is 2.15. The van der Waals surface area contributed by atoms with E-state index < -0.39 is 36.7 Å². The summed E-state index contributed by atoms with van der Waals surface area (Å²) in [5.74, 6) is 0.477. The Morgan fingerprint density at radius 3 is 2.61 bits per heavy atom. The van der Waals surface area contributed by atoms with Gasteiger partial charge in [-0.05, 0) is 73.1 Å². The molecule has 0 spiro atoms. The molecule has 174 valence electrons. The fraction of sp³-hybridized carbons (Fsp3) is 0.667. The van der Waals surface area contributed by atoms with Crippen molar-refractivity contribution in [1.82, 2.24) is 0 Å². The second-order valence-electron chi connectivity index (χ2n) is 10.0. The molecule has 0 aromatic heterocycles. The van der Waals surface area contributed by atoms with Crippen LogP contribution in [-0.2, 0) is 20.7 Å². The third kappa shape index (κ3) is 4.07. The minimum absolute atomic E-state index is 0. The van der Waals surface area contributed by atoms with E-state index in [1.54, 1.807) is 6.07 Å². The first-order valence-corrected chi connectivity index (χ1v) is 11.4. The Bertz CT molecular complexity index is 937. The molecule has 3 N–H and O–H groups in total. The van der Waals surface area contributed by atoms with Gasteiger partial charge in [-0.15, -0.1) is 0 Å². The predicted molar refractivity (Wildman–Crippen MR) is 108 cm³/mol. The van der Waals surface area contributed by atoms with Gasteiger partial charge < -0.3 is 34.7 Å². The summed E-state index contributed by atoms with van der Waals surface area (Å²) in [5, 5.41) is 41.2. The van der Waals surface area contributed by atoms with Crippen molar-refractivity contribution in [3.05, 3.63) is 29.3 Å². The van der Waals surface area contributed by atoms with Gasteiger partial charge in [-0.1, -0.05) is 13.0 Å². The van der Waals surface area contributed by atoms with Crippen LogP contribution in [0.4, 0.5) is 0 Å². The molecule has 3 unspecified atom stereocenters. The van der Waals surface area contributed by atoms with Crippen LogP contribution >= 0.6 is 0 Å². The van der Waals surface area contributed by atoms with Gasteiger partial charge in [-0.25, -0.2) is 0 Å². The normalized spacial score (nSPS) is 41.9. The number of Topliss-reactive ketones (excluding diaryl/α,β-unsaturated/α-hetero) is 1. The molecule has 4 aliphatic rings. The topological polar surface area (TPSA) is 136 Å². The van der Waals surface area contributed by atoms with Gasteiger partial charge in [0.05, 0.1) is 5.97 Å². The van der Waals surface area contributed by atoms with Crippen molar-refractivity contribution in [2.24, 2.45) is 17.3 Å². The minimum Gasteiger partial charge on any atom is -0.547 e. The van der Waals surface area contributed by atoms with Crippen molar-refractivity contribution in [2.75, 3.05) is 0 Å². The van der Waals surface area contributed by atoms with Crippen molar-refractivity contribution < 1.29 is 69.0 Å². The number of carboxylic acids is 1. The number of rotatable bonds is 3. The van der Waals surface area contributed by atoms with Gasteiger partial charge in [0.2, 0.25) is 6.29 Å². The zero-order valence-corrected chi connectivity index (χ0v) is 21.0. The summed E-state index contributed by atoms with van der Waals surface area (Å²) < 4.78 is 10.9. The number of fused-ring (bicyclic) bond motifs is 5. The van der Waals surface area contributed by atoms with Crippen molar-refractivity contribution in [3.8, 4) is 5.75 Å². The SMILES string of the molecule is C[C@]12CCC3c4ccc(O[C@@H]5O[C@H](C(=O)[O-])[C@@H](O)[C@H](O)[C@H]5O)cc4CCC3C1CCC2=O.[Na+]. The van der Waals surface area contributed by atoms with Gasteiger partial charge in [0, 0.05) is 11.8 Å². The van der Waals surface area contributed by atoms with Gasteiger partial charge >= 0.3 is 29.6 Å². The summed E-state index contributed by atoms with van der Waals surface area (Å²) in [7, 11) is 0. The molecule has 33 heavy (non-hydrogen) atoms. The third-order valence-electron chi connectivity index (χ3n) is 8.46. The van der Waals surface area contributed by atoms with Gasteiger partial charge in [-0.3, -0.25) is 4.79 Å². The summed E-state index contributed by atoms with van der Waals surface area (Å²) in [6.07, 6.45) is -2.97. The maximum absolute atomic E-state index is 12.5. The molecular formula is C24H29NaO8. The first-order valence-electron chi connectivity index (χ1n) is 11.4. The molecule has 8 nitrogen and oxygen atoms in total. The molecule has 1 aromatic rings. The number of carbonyl (C=O) groups excluding carboxylic acids is 2. The quantitative estimate of drug-likeness (QED) is 0.401. The summed E-state index contributed by atoms with van der Waals surface area (Å²) in [5.41, 5.74) is 2.24. The number of carbonyl (C=O) groups is 2. The van der Waals surface area contributed by atoms with Crippen LogP contribution < -0.4 is 39.4 Å². The average Bonchev–Trinajstić information content (AvgIpc) is 3.08. The number of aliphatic carboxylic acids is 1. The van der Waals surface area contributed by atoms with E-state index in [0.717, 1.165) is 37.7 Å². The molecule has 1 aliphatic heterocycles. The minimum atomic E-state index is -1.81. The van der Waals surface area contributed by atoms with Gasteiger partial charge in [0.25, 0.3) is 0 Å². The number of carboxylic acid groups (broad SMARTS) is 1. The van der Waals surface area contributed by atoms with Crippen LogP contribution in [0.3, 0.4) is 0 Å². The molecule has 5 rings (SSSR count). The number of aliphatic hydroxyl groups excluding tert-OH is 3. The molecule has 1 heterocycles. The van der Waals surface area contributed by atoms with E-state index in [1.807, 2.05) is 12.1 Å². The Labute approximate surface area is 214 Å². The maximum Gasteiger partial charge on any atom is 1.00 e. The Hall–Kier alpha value is -1.000. The number of ketones is 1. The Kier molecular flexibility index (Phi) is 7.02. The van der Waals surface area contributed by atoms with Crippen LogP contribution in [-0.4, -0.2) is 57.8 Å². The maximum atomic E-state index is 12.5. The standard InChI is InChI=1S/C24H30O8.Na/c1-24-9-8-14-13-5-3-12(10-11(13)2-4-15(14)16(24)6-7-17(24)25)31-23-20(28)18(26)19(27)21(32-23)22(29)30;/h3,5,10,14-16,18-21,23,26-28H,2,4,6-9H2,1H3,(H,29,30);/q;+1/p-1/t14?,15?,16?,18-,19-,20+,21-,23+,24-;/m0./s1. The van der Waals surface area contributed by atoms with E-state index in [2.05, 4.69) is 6.92 Å². The van der Waals surface area contributed by atoms with E-state index in [4.69, 9.17) is 9.47 Å². The van der Waals surface area contributed by atoms with Gasteiger partial charge in [0.15, 0.2) is 0 Å². The predicted octanol–water partition coefficient (Wildman–Crippen LogP) is -2.95. The van der Waals surface area contributed by atoms with E-state index in [-0.39, 0.29) is 35.0 Å². The molecule has 3 fully saturated rings. The van der Waals surface area contributed by atoms with Crippen molar-refractivity contribution in [3.63, 3.8) is 0 Å². The zero-order valence-electron chi connectivity index (χ0n) is 19.0. The number of aliphatic hydroxyl groups is 3. The molecule has 9 heteroatoms. The Balaban J connectivity index is 0.00000259. The number of aryl methyl sites for hydroxylation is 1. The molecule has 1 saturated heterocycles. The number of benzene rings is 1. The Morgan fingerprint density at radius 1 is 1.12 bits per heavy atom. The van der Waals surface area contributed by atoms with E-state index in [1.165, 1.54) is 5.56 Å². The fourth-order valence-electron chi connectivity index (χ4n) is 6.68. The third-order valence-corrected chi connectivity index (χ3v) is 8.46. The average molecular weight is 468 g/mol. The van der Waals surface area contributed by atoms with Crippen LogP contribution in [0.25, 0.3) is 0 Å². The molecule has 2 saturated carbocycles. The van der Waals surface area contributed by atoms with Crippen LogP contribution in [0, 0.1) is 17.3 Å². The molecular weight excluding hydrogens is 439 g/mol. The largest absolute Gasteiger partial charge is 1.00 e. The number of hydrogen-bond donors (Lipinski definition) is 3. The second kappa shape index (κ2) is 9.22. The van der Waals surface area contributed by atoms with Crippen molar-refractivity contribution >= 4 is 11.8 Å².